The first-order valence-corrected chi connectivity index (χ1v) is 7.82. The lowest BCUT2D eigenvalue weighted by Crippen LogP contribution is -2.29. The zero-order chi connectivity index (χ0) is 15.1. The summed E-state index contributed by atoms with van der Waals surface area (Å²) in [4.78, 5) is 30.0. The number of ketones is 1. The predicted molar refractivity (Wildman–Crippen MR) is 86.3 cm³/mol. The number of hydrogen-bond donors (Lipinski definition) is 0. The van der Waals surface area contributed by atoms with Crippen LogP contribution in [0.3, 0.4) is 0 Å². The lowest BCUT2D eigenvalue weighted by Gasteiger charge is -2.18. The minimum absolute atomic E-state index is 0.326. The van der Waals surface area contributed by atoms with Crippen LogP contribution in [0.5, 0.6) is 0 Å². The van der Waals surface area contributed by atoms with E-state index in [1.54, 1.807) is 18.5 Å². The third-order valence-corrected chi connectivity index (χ3v) is 4.21. The van der Waals surface area contributed by atoms with Gasteiger partial charge in [0, 0.05) is 21.3 Å². The fourth-order valence-electron chi connectivity index (χ4n) is 2.48. The monoisotopic (exact) mass is 408 g/mol. The Morgan fingerprint density at radius 2 is 1.86 bits per heavy atom. The molecule has 0 radical (unpaired) electrons. The van der Waals surface area contributed by atoms with Gasteiger partial charge in [-0.15, -0.1) is 0 Å². The molecule has 2 aromatic rings. The predicted octanol–water partition coefficient (Wildman–Crippen LogP) is 3.64. The van der Waals surface area contributed by atoms with Gasteiger partial charge in [0.1, 0.15) is 0 Å². The van der Waals surface area contributed by atoms with Crippen molar-refractivity contribution in [3.8, 4) is 0 Å². The van der Waals surface area contributed by atoms with Gasteiger partial charge >= 0.3 is 0 Å². The van der Waals surface area contributed by atoms with E-state index in [1.807, 2.05) is 19.1 Å². The molecule has 0 fully saturated rings. The Morgan fingerprint density at radius 1 is 1.10 bits per heavy atom. The molecule has 6 heteroatoms. The van der Waals surface area contributed by atoms with Gasteiger partial charge in [-0.05, 0) is 52.2 Å². The average Bonchev–Trinajstić information content (AvgIpc) is 2.64. The van der Waals surface area contributed by atoms with Gasteiger partial charge in [0.25, 0.3) is 11.7 Å². The quantitative estimate of drug-likeness (QED) is 0.711. The van der Waals surface area contributed by atoms with Gasteiger partial charge < -0.3 is 4.90 Å². The van der Waals surface area contributed by atoms with Gasteiger partial charge in [0.15, 0.2) is 0 Å². The molecule has 1 aromatic heterocycles. The van der Waals surface area contributed by atoms with Crippen molar-refractivity contribution >= 4 is 49.2 Å². The molecule has 0 saturated heterocycles. The van der Waals surface area contributed by atoms with Crippen molar-refractivity contribution in [2.24, 2.45) is 0 Å². The number of pyridine rings is 1. The number of anilines is 1. The van der Waals surface area contributed by atoms with Crippen LogP contribution in [0.2, 0.25) is 0 Å². The average molecular weight is 410 g/mol. The van der Waals surface area contributed by atoms with Crippen LogP contribution in [0, 0.1) is 6.92 Å². The number of halogens is 2. The molecule has 2 heterocycles. The zero-order valence-electron chi connectivity index (χ0n) is 11.1. The summed E-state index contributed by atoms with van der Waals surface area (Å²) < 4.78 is 1.64. The Kier molecular flexibility index (Phi) is 3.67. The number of aryl methyl sites for hydroxylation is 1. The van der Waals surface area contributed by atoms with Crippen LogP contribution in [-0.4, -0.2) is 16.7 Å². The first-order chi connectivity index (χ1) is 9.97. The molecule has 4 nitrogen and oxygen atoms in total. The molecule has 1 aromatic carbocycles. The SMILES string of the molecule is Cc1cc(Br)cc2c1N(Cc1cncc(Br)c1)C(=O)C2=O. The minimum Gasteiger partial charge on any atom is -0.300 e. The second-order valence-electron chi connectivity index (χ2n) is 4.85. The number of benzene rings is 1. The Balaban J connectivity index is 2.05. The van der Waals surface area contributed by atoms with Gasteiger partial charge in [0.05, 0.1) is 17.8 Å². The van der Waals surface area contributed by atoms with E-state index >= 15 is 0 Å². The molecular weight excluding hydrogens is 400 g/mol. The number of carbonyl (C=O) groups is 2. The molecule has 1 aliphatic heterocycles. The molecule has 0 atom stereocenters. The fourth-order valence-corrected chi connectivity index (χ4v) is 3.47. The Morgan fingerprint density at radius 3 is 2.57 bits per heavy atom. The van der Waals surface area contributed by atoms with Crippen LogP contribution >= 0.6 is 31.9 Å². The second-order valence-corrected chi connectivity index (χ2v) is 6.68. The van der Waals surface area contributed by atoms with E-state index in [1.165, 1.54) is 4.90 Å². The summed E-state index contributed by atoms with van der Waals surface area (Å²) in [5, 5.41) is 0. The molecule has 0 N–H and O–H groups in total. The number of fused-ring (bicyclic) bond motifs is 1. The lowest BCUT2D eigenvalue weighted by atomic mass is 10.1. The molecule has 0 unspecified atom stereocenters. The third kappa shape index (κ3) is 2.53. The van der Waals surface area contributed by atoms with Crippen LogP contribution in [0.1, 0.15) is 21.5 Å². The normalized spacial score (nSPS) is 13.8. The maximum Gasteiger partial charge on any atom is 0.299 e. The van der Waals surface area contributed by atoms with Crippen molar-refractivity contribution in [3.05, 3.63) is 56.2 Å². The summed E-state index contributed by atoms with van der Waals surface area (Å²) in [7, 11) is 0. The van der Waals surface area contributed by atoms with Crippen molar-refractivity contribution < 1.29 is 9.59 Å². The number of rotatable bonds is 2. The largest absolute Gasteiger partial charge is 0.300 e. The maximum absolute atomic E-state index is 12.2. The molecule has 106 valence electrons. The van der Waals surface area contributed by atoms with Crippen molar-refractivity contribution in [2.45, 2.75) is 13.5 Å². The molecule has 0 spiro atoms. The summed E-state index contributed by atoms with van der Waals surface area (Å²) in [6, 6.07) is 5.48. The number of hydrogen-bond acceptors (Lipinski definition) is 3. The number of Topliss-reactive ketones (excluding diaryl/α,β-unsaturated/α-hetero) is 1. The van der Waals surface area contributed by atoms with Crippen molar-refractivity contribution in [1.29, 1.82) is 0 Å². The standard InChI is InChI=1S/C15H10Br2N2O2/c1-8-2-10(16)4-12-13(8)19(15(21)14(12)20)7-9-3-11(17)6-18-5-9/h2-6H,7H2,1H3. The van der Waals surface area contributed by atoms with Gasteiger partial charge in [0.2, 0.25) is 0 Å². The molecular formula is C15H10Br2N2O2. The molecule has 0 saturated carbocycles. The molecule has 0 aliphatic carbocycles. The van der Waals surface area contributed by atoms with Gasteiger partial charge in [-0.1, -0.05) is 15.9 Å². The molecule has 3 rings (SSSR count). The van der Waals surface area contributed by atoms with E-state index in [2.05, 4.69) is 36.8 Å². The van der Waals surface area contributed by atoms with Crippen molar-refractivity contribution in [1.82, 2.24) is 4.98 Å². The first kappa shape index (κ1) is 14.4. The Labute approximate surface area is 138 Å². The summed E-state index contributed by atoms with van der Waals surface area (Å²) in [6.45, 7) is 2.22. The first-order valence-electron chi connectivity index (χ1n) is 6.23. The minimum atomic E-state index is -0.494. The van der Waals surface area contributed by atoms with E-state index in [9.17, 15) is 9.59 Å². The summed E-state index contributed by atoms with van der Waals surface area (Å²) in [5.74, 6) is -0.955. The third-order valence-electron chi connectivity index (χ3n) is 3.32. The van der Waals surface area contributed by atoms with Gasteiger partial charge in [-0.25, -0.2) is 0 Å². The molecule has 1 aliphatic rings. The van der Waals surface area contributed by atoms with Crippen LogP contribution < -0.4 is 4.90 Å². The highest BCUT2D eigenvalue weighted by molar-refractivity contribution is 9.10. The van der Waals surface area contributed by atoms with Crippen molar-refractivity contribution in [2.75, 3.05) is 4.90 Å². The summed E-state index contributed by atoms with van der Waals surface area (Å²) in [5.41, 5.74) is 2.89. The number of carbonyl (C=O) groups excluding carboxylic acids is 2. The van der Waals surface area contributed by atoms with E-state index in [-0.39, 0.29) is 0 Å². The van der Waals surface area contributed by atoms with E-state index in [0.717, 1.165) is 20.1 Å². The zero-order valence-corrected chi connectivity index (χ0v) is 14.2. The van der Waals surface area contributed by atoms with E-state index in [0.29, 0.717) is 17.8 Å². The van der Waals surface area contributed by atoms with Crippen molar-refractivity contribution in [3.63, 3.8) is 0 Å². The van der Waals surface area contributed by atoms with Crippen LogP contribution in [-0.2, 0) is 11.3 Å². The van der Waals surface area contributed by atoms with E-state index < -0.39 is 11.7 Å². The summed E-state index contributed by atoms with van der Waals surface area (Å²) >= 11 is 6.72. The van der Waals surface area contributed by atoms with Gasteiger partial charge in [-0.2, -0.15) is 0 Å². The highest BCUT2D eigenvalue weighted by Gasteiger charge is 2.37. The number of aromatic nitrogens is 1. The number of nitrogens with zero attached hydrogens (tertiary/aromatic N) is 2. The Hall–Kier alpha value is -1.53. The second kappa shape index (κ2) is 5.35. The smallest absolute Gasteiger partial charge is 0.299 e. The maximum atomic E-state index is 12.2. The molecule has 21 heavy (non-hydrogen) atoms. The molecule has 1 amide bonds. The summed E-state index contributed by atoms with van der Waals surface area (Å²) in [6.07, 6.45) is 3.37. The Bertz CT molecular complexity index is 774. The number of amides is 1. The molecule has 0 bridgehead atoms. The lowest BCUT2D eigenvalue weighted by molar-refractivity contribution is -0.114. The van der Waals surface area contributed by atoms with Crippen LogP contribution in [0.25, 0.3) is 0 Å². The highest BCUT2D eigenvalue weighted by atomic mass is 79.9. The van der Waals surface area contributed by atoms with Crippen LogP contribution in [0.15, 0.2) is 39.5 Å². The topological polar surface area (TPSA) is 50.3 Å². The highest BCUT2D eigenvalue weighted by Crippen LogP contribution is 2.36. The van der Waals surface area contributed by atoms with Gasteiger partial charge in [-0.3, -0.25) is 14.6 Å². The van der Waals surface area contributed by atoms with E-state index in [4.69, 9.17) is 0 Å². The van der Waals surface area contributed by atoms with Crippen LogP contribution in [0.4, 0.5) is 5.69 Å². The fraction of sp³-hybridized carbons (Fsp3) is 0.133.